The molecule has 0 saturated carbocycles. The van der Waals surface area contributed by atoms with E-state index in [-0.39, 0.29) is 28.7 Å². The van der Waals surface area contributed by atoms with Gasteiger partial charge in [0.15, 0.2) is 5.76 Å². The van der Waals surface area contributed by atoms with E-state index in [2.05, 4.69) is 27.4 Å². The van der Waals surface area contributed by atoms with E-state index in [0.29, 0.717) is 40.5 Å². The van der Waals surface area contributed by atoms with Crippen LogP contribution in [0.2, 0.25) is 10.0 Å². The van der Waals surface area contributed by atoms with Crippen molar-refractivity contribution in [3.8, 4) is 0 Å². The van der Waals surface area contributed by atoms with Gasteiger partial charge in [0, 0.05) is 33.5 Å². The van der Waals surface area contributed by atoms with Gasteiger partial charge in [0.05, 0.1) is 29.0 Å². The third-order valence-electron chi connectivity index (χ3n) is 6.76. The number of hydrogen-bond acceptors (Lipinski definition) is 6. The van der Waals surface area contributed by atoms with Crippen LogP contribution in [0.5, 0.6) is 0 Å². The van der Waals surface area contributed by atoms with E-state index in [1.807, 2.05) is 19.9 Å². The second-order valence-corrected chi connectivity index (χ2v) is 10.6. The van der Waals surface area contributed by atoms with Crippen LogP contribution in [0.3, 0.4) is 0 Å². The lowest BCUT2D eigenvalue weighted by Crippen LogP contribution is -2.41. The summed E-state index contributed by atoms with van der Waals surface area (Å²) in [6.07, 6.45) is 3.67. The molecule has 0 aliphatic heterocycles. The number of aryl methyl sites for hydroxylation is 3. The maximum Gasteiger partial charge on any atom is 0.305 e. The molecule has 2 aromatic heterocycles. The van der Waals surface area contributed by atoms with Crippen LogP contribution < -0.4 is 16.3 Å². The van der Waals surface area contributed by atoms with Crippen molar-refractivity contribution in [1.29, 1.82) is 0 Å². The van der Waals surface area contributed by atoms with Gasteiger partial charge in [-0.25, -0.2) is 5.43 Å². The van der Waals surface area contributed by atoms with E-state index in [4.69, 9.17) is 32.0 Å². The smallest absolute Gasteiger partial charge is 0.305 e. The number of hydrazine groups is 1. The lowest BCUT2D eigenvalue weighted by Gasteiger charge is -2.13. The Balaban J connectivity index is 1.28. The van der Waals surface area contributed by atoms with Crippen molar-refractivity contribution in [2.24, 2.45) is 5.10 Å². The van der Waals surface area contributed by atoms with Gasteiger partial charge in [-0.05, 0) is 69.0 Å². The second kappa shape index (κ2) is 11.2. The Morgan fingerprint density at radius 1 is 1.00 bits per heavy atom. The Morgan fingerprint density at radius 3 is 2.55 bits per heavy atom. The molecule has 2 heterocycles. The fraction of sp³-hybridized carbons (Fsp3) is 0.241. The second-order valence-electron chi connectivity index (χ2n) is 9.73. The summed E-state index contributed by atoms with van der Waals surface area (Å²) < 4.78 is 11.5. The number of nitrogens with one attached hydrogen (secondary N) is 3. The lowest BCUT2D eigenvalue weighted by molar-refractivity contribution is -0.120. The molecular formula is C29H26Cl2N4O5. The molecule has 0 spiro atoms. The predicted octanol–water partition coefficient (Wildman–Crippen LogP) is 5.73. The maximum atomic E-state index is 12.9. The van der Waals surface area contributed by atoms with Crippen molar-refractivity contribution in [3.05, 3.63) is 91.5 Å². The quantitative estimate of drug-likeness (QED) is 0.260. The lowest BCUT2D eigenvalue weighted by atomic mass is 9.93. The van der Waals surface area contributed by atoms with Gasteiger partial charge in [-0.1, -0.05) is 29.3 Å². The van der Waals surface area contributed by atoms with Gasteiger partial charge >= 0.3 is 5.91 Å². The van der Waals surface area contributed by atoms with Gasteiger partial charge in [0.2, 0.25) is 5.91 Å². The summed E-state index contributed by atoms with van der Waals surface area (Å²) in [4.78, 5) is 38.1. The summed E-state index contributed by atoms with van der Waals surface area (Å²) >= 11 is 11.9. The summed E-state index contributed by atoms with van der Waals surface area (Å²) in [5.74, 6) is -0.884. The Hall–Kier alpha value is -4.08. The molecule has 11 heteroatoms. The molecule has 3 amide bonds. The van der Waals surface area contributed by atoms with E-state index in [1.54, 1.807) is 13.2 Å². The molecule has 40 heavy (non-hydrogen) atoms. The fourth-order valence-corrected chi connectivity index (χ4v) is 5.50. The summed E-state index contributed by atoms with van der Waals surface area (Å²) in [6, 6.07) is 8.41. The van der Waals surface area contributed by atoms with E-state index >= 15 is 0 Å². The maximum absolute atomic E-state index is 12.9. The van der Waals surface area contributed by atoms with Gasteiger partial charge < -0.3 is 8.83 Å². The van der Waals surface area contributed by atoms with E-state index < -0.39 is 11.8 Å². The Bertz CT molecular complexity index is 1700. The van der Waals surface area contributed by atoms with E-state index in [1.165, 1.54) is 18.2 Å². The van der Waals surface area contributed by atoms with Gasteiger partial charge in [-0.2, -0.15) is 5.10 Å². The van der Waals surface area contributed by atoms with Crippen molar-refractivity contribution in [2.45, 2.75) is 46.5 Å². The summed E-state index contributed by atoms with van der Waals surface area (Å²) in [7, 11) is 0. The first-order chi connectivity index (χ1) is 19.1. The average Bonchev–Trinajstić information content (AvgIpc) is 3.46. The highest BCUT2D eigenvalue weighted by atomic mass is 35.5. The summed E-state index contributed by atoms with van der Waals surface area (Å²) in [5, 5.41) is 5.85. The van der Waals surface area contributed by atoms with Crippen molar-refractivity contribution in [2.75, 3.05) is 0 Å². The third kappa shape index (κ3) is 5.48. The van der Waals surface area contributed by atoms with Gasteiger partial charge in [-0.3, -0.25) is 25.2 Å². The zero-order valence-electron chi connectivity index (χ0n) is 22.0. The number of nitrogens with zero attached hydrogens (tertiary/aromatic N) is 1. The molecule has 1 aliphatic rings. The predicted molar refractivity (Wildman–Crippen MR) is 152 cm³/mol. The molecule has 0 bridgehead atoms. The zero-order valence-corrected chi connectivity index (χ0v) is 23.5. The molecule has 0 unspecified atom stereocenters. The first-order valence-electron chi connectivity index (χ1n) is 12.6. The first kappa shape index (κ1) is 27.5. The number of hydrogen-bond donors (Lipinski definition) is 3. The van der Waals surface area contributed by atoms with Crippen LogP contribution in [-0.4, -0.2) is 23.4 Å². The number of fused-ring (bicyclic) bond motifs is 2. The van der Waals surface area contributed by atoms with Crippen LogP contribution in [0, 0.1) is 20.8 Å². The number of halogens is 2. The van der Waals surface area contributed by atoms with Crippen LogP contribution in [0.1, 0.15) is 67.3 Å². The number of rotatable bonds is 5. The number of benzene rings is 2. The van der Waals surface area contributed by atoms with Crippen LogP contribution in [0.15, 0.2) is 50.5 Å². The number of carbonyl (C=O) groups excluding carboxylic acids is 3. The highest BCUT2D eigenvalue weighted by Crippen LogP contribution is 2.30. The monoisotopic (exact) mass is 580 g/mol. The highest BCUT2D eigenvalue weighted by Gasteiger charge is 2.28. The molecule has 0 radical (unpaired) electrons. The third-order valence-corrected chi connectivity index (χ3v) is 7.30. The highest BCUT2D eigenvalue weighted by molar-refractivity contribution is 6.36. The van der Waals surface area contributed by atoms with Gasteiger partial charge in [0.25, 0.3) is 5.91 Å². The van der Waals surface area contributed by atoms with Crippen molar-refractivity contribution in [3.63, 3.8) is 0 Å². The minimum absolute atomic E-state index is 0.0454. The van der Waals surface area contributed by atoms with Crippen molar-refractivity contribution < 1.29 is 23.2 Å². The van der Waals surface area contributed by atoms with Crippen molar-refractivity contribution >= 4 is 57.6 Å². The Kier molecular flexibility index (Phi) is 7.69. The van der Waals surface area contributed by atoms with Crippen LogP contribution in [-0.2, 0) is 17.6 Å². The molecule has 0 atom stereocenters. The molecule has 3 N–H and O–H groups in total. The largest absolute Gasteiger partial charge is 0.464 e. The molecule has 1 aliphatic carbocycles. The van der Waals surface area contributed by atoms with Gasteiger partial charge in [-0.15, -0.1) is 0 Å². The van der Waals surface area contributed by atoms with E-state index in [9.17, 15) is 14.4 Å². The molecule has 2 aromatic carbocycles. The van der Waals surface area contributed by atoms with E-state index in [0.717, 1.165) is 34.1 Å². The van der Waals surface area contributed by atoms with Crippen LogP contribution >= 0.6 is 23.2 Å². The Labute approximate surface area is 239 Å². The standard InChI is InChI=1S/C29H26Cl2N4O5/c1-14-9-15(2)25-17(13-39-23(25)10-14)11-24(36)33-32-21-5-4-6-22-26(21)16(3)27(40-22)29(38)35-34-28(37)19-8-7-18(30)12-20(19)31/h7-10,12-13H,4-6,11H2,1-3H3,(H,33,36)(H,34,37)(H,35,38)/b32-21+. The molecule has 0 saturated heterocycles. The topological polar surface area (TPSA) is 126 Å². The minimum Gasteiger partial charge on any atom is -0.464 e. The first-order valence-corrected chi connectivity index (χ1v) is 13.4. The molecule has 0 fully saturated rings. The number of carbonyl (C=O) groups is 3. The van der Waals surface area contributed by atoms with Crippen LogP contribution in [0.25, 0.3) is 11.0 Å². The molecule has 9 nitrogen and oxygen atoms in total. The molecule has 4 aromatic rings. The zero-order chi connectivity index (χ0) is 28.6. The average molecular weight is 581 g/mol. The summed E-state index contributed by atoms with van der Waals surface area (Å²) in [6.45, 7) is 5.72. The minimum atomic E-state index is -0.633. The molecule has 206 valence electrons. The number of amides is 3. The fourth-order valence-electron chi connectivity index (χ4n) is 5.01. The Morgan fingerprint density at radius 2 is 1.77 bits per heavy atom. The van der Waals surface area contributed by atoms with Gasteiger partial charge in [0.1, 0.15) is 11.3 Å². The number of furan rings is 2. The summed E-state index contributed by atoms with van der Waals surface area (Å²) in [5.41, 5.74) is 13.0. The number of hydrazone groups is 1. The molecular weight excluding hydrogens is 555 g/mol. The van der Waals surface area contributed by atoms with Crippen molar-refractivity contribution in [1.82, 2.24) is 16.3 Å². The normalized spacial score (nSPS) is 13.8. The SMILES string of the molecule is Cc1cc(C)c2c(CC(=O)N/N=C3\CCCc4oc(C(=O)NNC(=O)c5ccc(Cl)cc5Cl)c(C)c43)coc2c1. The van der Waals surface area contributed by atoms with Crippen LogP contribution in [0.4, 0.5) is 0 Å². The molecule has 5 rings (SSSR count).